The Bertz CT molecular complexity index is 2820. The largest absolute Gasteiger partial charge is 0.314 e. The molecule has 11 rings (SSSR count). The summed E-state index contributed by atoms with van der Waals surface area (Å²) in [7, 11) is 0. The lowest BCUT2D eigenvalue weighted by Crippen LogP contribution is -2.57. The molecule has 2 aliphatic heterocycles. The molecule has 3 atom stereocenters. The number of anilines is 4. The zero-order valence-electron chi connectivity index (χ0n) is 39.2. The number of fused-ring (bicyclic) bond motifs is 6. The zero-order valence-corrected chi connectivity index (χ0v) is 40.0. The Morgan fingerprint density at radius 3 is 2.38 bits per heavy atom. The standard InChI is InChI=1S/C59H65BN2S/c1-36(2)39-23-26-43(27-24-39)61-51-31-38(5)32-52-54(51)60(57-56(61)46-33-42(37(3)4)25-28-53(46)63-57)49-34-47-48(59(8,9)30-29-58(47,6)7)35-50(49)62(52)55-44(40-17-12-10-13-18-40)21-16-22-45(55)41-19-14-11-15-20-41/h10-14,16-17,19,21-23,25-28,31-34,36-37,39-40,48H,15,18,20,24,29-30,35H2,1-9H3. The maximum Gasteiger partial charge on any atom is 0.264 e. The van der Waals surface area contributed by atoms with Gasteiger partial charge in [0.1, 0.15) is 0 Å². The van der Waals surface area contributed by atoms with Gasteiger partial charge in [0.15, 0.2) is 0 Å². The van der Waals surface area contributed by atoms with Crippen molar-refractivity contribution < 1.29 is 0 Å². The molecule has 1 saturated carbocycles. The second kappa shape index (κ2) is 15.2. The minimum absolute atomic E-state index is 0.141. The fourth-order valence-corrected chi connectivity index (χ4v) is 13.7. The van der Waals surface area contributed by atoms with Gasteiger partial charge in [-0.15, -0.1) is 11.3 Å². The van der Waals surface area contributed by atoms with Crippen LogP contribution in [-0.4, -0.2) is 6.71 Å². The van der Waals surface area contributed by atoms with Crippen molar-refractivity contribution >= 4 is 66.7 Å². The van der Waals surface area contributed by atoms with Gasteiger partial charge >= 0.3 is 0 Å². The van der Waals surface area contributed by atoms with E-state index in [-0.39, 0.29) is 17.5 Å². The first kappa shape index (κ1) is 40.9. The van der Waals surface area contributed by atoms with Crippen LogP contribution >= 0.6 is 11.3 Å². The molecule has 63 heavy (non-hydrogen) atoms. The Labute approximate surface area is 382 Å². The quantitative estimate of drug-likeness (QED) is 0.178. The van der Waals surface area contributed by atoms with E-state index >= 15 is 0 Å². The van der Waals surface area contributed by atoms with Gasteiger partial charge in [-0.1, -0.05) is 146 Å². The topological polar surface area (TPSA) is 6.48 Å². The molecule has 4 aromatic rings. The van der Waals surface area contributed by atoms with Gasteiger partial charge < -0.3 is 9.80 Å². The predicted molar refractivity (Wildman–Crippen MR) is 275 cm³/mol. The van der Waals surface area contributed by atoms with E-state index in [1.807, 2.05) is 0 Å². The number of aryl methyl sites for hydroxylation is 1. The number of hydrogen-bond donors (Lipinski definition) is 0. The van der Waals surface area contributed by atoms with Crippen molar-refractivity contribution in [3.63, 3.8) is 0 Å². The Balaban J connectivity index is 1.26. The van der Waals surface area contributed by atoms with Gasteiger partial charge in [0.25, 0.3) is 6.71 Å². The van der Waals surface area contributed by atoms with Crippen molar-refractivity contribution in [2.45, 2.75) is 119 Å². The van der Waals surface area contributed by atoms with Crippen LogP contribution in [0.15, 0.2) is 138 Å². The molecule has 4 heteroatoms. The summed E-state index contributed by atoms with van der Waals surface area (Å²) in [6.07, 6.45) is 34.5. The predicted octanol–water partition coefficient (Wildman–Crippen LogP) is 15.6. The number of thiophene rings is 1. The minimum atomic E-state index is 0.141. The number of nitrogens with zero attached hydrogens (tertiary/aromatic N) is 2. The normalized spacial score (nSPS) is 24.1. The van der Waals surface area contributed by atoms with E-state index < -0.39 is 0 Å². The minimum Gasteiger partial charge on any atom is -0.314 e. The van der Waals surface area contributed by atoms with Crippen LogP contribution in [0.3, 0.4) is 0 Å². The van der Waals surface area contributed by atoms with Crippen molar-refractivity contribution in [3.8, 4) is 0 Å². The summed E-state index contributed by atoms with van der Waals surface area (Å²) in [5.74, 6) is 2.40. The number of para-hydroxylation sites is 1. The van der Waals surface area contributed by atoms with Gasteiger partial charge in [-0.2, -0.15) is 0 Å². The molecule has 320 valence electrons. The van der Waals surface area contributed by atoms with E-state index in [9.17, 15) is 0 Å². The van der Waals surface area contributed by atoms with E-state index in [1.54, 1.807) is 5.57 Å². The number of benzene rings is 3. The summed E-state index contributed by atoms with van der Waals surface area (Å²) < 4.78 is 2.90. The van der Waals surface area contributed by atoms with Crippen molar-refractivity contribution in [1.82, 2.24) is 0 Å². The molecule has 0 amide bonds. The molecule has 0 radical (unpaired) electrons. The first-order chi connectivity index (χ1) is 30.3. The molecule has 1 aromatic heterocycles. The van der Waals surface area contributed by atoms with Gasteiger partial charge in [-0.25, -0.2) is 0 Å². The Kier molecular flexibility index (Phi) is 9.85. The molecule has 5 aliphatic carbocycles. The van der Waals surface area contributed by atoms with Crippen LogP contribution in [0.25, 0.3) is 15.7 Å². The summed E-state index contributed by atoms with van der Waals surface area (Å²) in [4.78, 5) is 5.59. The molecule has 0 saturated heterocycles. The summed E-state index contributed by atoms with van der Waals surface area (Å²) >= 11 is 2.06. The maximum absolute atomic E-state index is 2.87. The second-order valence-corrected chi connectivity index (χ2v) is 22.9. The third-order valence-electron chi connectivity index (χ3n) is 16.3. The van der Waals surface area contributed by atoms with Crippen LogP contribution in [0, 0.1) is 35.5 Å². The van der Waals surface area contributed by atoms with Crippen LogP contribution < -0.4 is 20.0 Å². The van der Waals surface area contributed by atoms with Gasteiger partial charge in [0.05, 0.1) is 11.4 Å². The van der Waals surface area contributed by atoms with Crippen molar-refractivity contribution in [2.24, 2.45) is 28.6 Å². The van der Waals surface area contributed by atoms with Crippen LogP contribution in [0.1, 0.15) is 134 Å². The molecular formula is C59H65BN2S. The first-order valence-corrected chi connectivity index (χ1v) is 25.1. The lowest BCUT2D eigenvalue weighted by Gasteiger charge is -2.54. The summed E-state index contributed by atoms with van der Waals surface area (Å²) in [5.41, 5.74) is 20.4. The van der Waals surface area contributed by atoms with E-state index in [0.717, 1.165) is 32.1 Å². The van der Waals surface area contributed by atoms with Gasteiger partial charge in [-0.3, -0.25) is 0 Å². The van der Waals surface area contributed by atoms with Crippen molar-refractivity contribution in [2.75, 3.05) is 9.80 Å². The SMILES string of the molecule is Cc1cc2c3c(c1)N(C1=CCC(C(C)C)C=C1)c1c(sc4ccc(C(C)C)cc14)B3C1=C(CC3C(=C1)C(C)(C)CCC3(C)C)N2c1c(C2=CC=CCC2)cccc1C1C=CC=CC1. The molecule has 2 nitrogen and oxygen atoms in total. The van der Waals surface area contributed by atoms with Crippen molar-refractivity contribution in [1.29, 1.82) is 0 Å². The molecular weight excluding hydrogens is 780 g/mol. The van der Waals surface area contributed by atoms with E-state index in [2.05, 4.69) is 199 Å². The van der Waals surface area contributed by atoms with E-state index in [1.165, 1.54) is 101 Å². The molecule has 3 heterocycles. The summed E-state index contributed by atoms with van der Waals surface area (Å²) in [6.45, 7) is 22.2. The van der Waals surface area contributed by atoms with Crippen LogP contribution in [0.2, 0.25) is 0 Å². The van der Waals surface area contributed by atoms with Crippen LogP contribution in [0.4, 0.5) is 22.7 Å². The van der Waals surface area contributed by atoms with Gasteiger partial charge in [-0.05, 0) is 150 Å². The second-order valence-electron chi connectivity index (χ2n) is 21.9. The zero-order chi connectivity index (χ0) is 43.5. The van der Waals surface area contributed by atoms with Crippen LogP contribution in [0.5, 0.6) is 0 Å². The highest BCUT2D eigenvalue weighted by Gasteiger charge is 2.52. The molecule has 0 N–H and O–H groups in total. The Morgan fingerprint density at radius 1 is 0.841 bits per heavy atom. The number of allylic oxidation sites excluding steroid dienone is 15. The molecule has 1 fully saturated rings. The third kappa shape index (κ3) is 6.55. The molecule has 3 aromatic carbocycles. The van der Waals surface area contributed by atoms with Crippen molar-refractivity contribution in [3.05, 3.63) is 160 Å². The highest BCUT2D eigenvalue weighted by molar-refractivity contribution is 7.33. The molecule has 0 spiro atoms. The smallest absolute Gasteiger partial charge is 0.264 e. The monoisotopic (exact) mass is 844 g/mol. The maximum atomic E-state index is 2.87. The Hall–Kier alpha value is -4.80. The average molecular weight is 845 g/mol. The summed E-state index contributed by atoms with van der Waals surface area (Å²) in [5, 5.41) is 1.40. The molecule has 7 aliphatic rings. The third-order valence-corrected chi connectivity index (χ3v) is 17.5. The highest BCUT2D eigenvalue weighted by Crippen LogP contribution is 2.60. The lowest BCUT2D eigenvalue weighted by atomic mass is 9.34. The molecule has 0 bridgehead atoms. The highest BCUT2D eigenvalue weighted by atomic mass is 32.1. The average Bonchev–Trinajstić information content (AvgIpc) is 3.66. The summed E-state index contributed by atoms with van der Waals surface area (Å²) in [6, 6.07) is 19.8. The fraction of sp³-hybridized carbons (Fsp3) is 0.390. The van der Waals surface area contributed by atoms with E-state index in [4.69, 9.17) is 0 Å². The number of rotatable bonds is 6. The first-order valence-electron chi connectivity index (χ1n) is 24.3. The molecule has 3 unspecified atom stereocenters. The van der Waals surface area contributed by atoms with Gasteiger partial charge in [0, 0.05) is 49.1 Å². The van der Waals surface area contributed by atoms with Gasteiger partial charge in [0.2, 0.25) is 0 Å². The fourth-order valence-electron chi connectivity index (χ4n) is 12.4. The van der Waals surface area contributed by atoms with Crippen LogP contribution in [-0.2, 0) is 0 Å². The number of hydrogen-bond acceptors (Lipinski definition) is 3. The lowest BCUT2D eigenvalue weighted by molar-refractivity contribution is 0.121. The van der Waals surface area contributed by atoms with E-state index in [0.29, 0.717) is 29.6 Å². The Morgan fingerprint density at radius 2 is 1.67 bits per heavy atom.